The molecule has 108 valence electrons. The lowest BCUT2D eigenvalue weighted by Crippen LogP contribution is -1.84. The van der Waals surface area contributed by atoms with Crippen LogP contribution >= 0.6 is 35.3 Å². The first kappa shape index (κ1) is 15.9. The lowest BCUT2D eigenvalue weighted by Gasteiger charge is -2.06. The summed E-state index contributed by atoms with van der Waals surface area (Å²) in [5, 5.41) is 2.89. The summed E-state index contributed by atoms with van der Waals surface area (Å²) in [4.78, 5) is 0. The standard InChI is InChI=1S/C17H15NOS.HI/c1-12-2-6-15(7-3-12)19-16-8-4-13(5-9-16)14-10-17(18)20-11-14;/h2-11H,18H2,1H3;1H. The average molecular weight is 409 g/mol. The molecular formula is C17H16INOS. The van der Waals surface area contributed by atoms with Crippen molar-refractivity contribution in [1.29, 1.82) is 0 Å². The molecule has 3 rings (SSSR count). The summed E-state index contributed by atoms with van der Waals surface area (Å²) in [6.45, 7) is 2.06. The van der Waals surface area contributed by atoms with Crippen LogP contribution in [-0.4, -0.2) is 0 Å². The molecule has 2 N–H and O–H groups in total. The Labute approximate surface area is 145 Å². The summed E-state index contributed by atoms with van der Waals surface area (Å²) in [6.07, 6.45) is 0. The van der Waals surface area contributed by atoms with Crippen molar-refractivity contribution in [2.45, 2.75) is 6.92 Å². The van der Waals surface area contributed by atoms with Gasteiger partial charge in [0.2, 0.25) is 0 Å². The number of hydrogen-bond acceptors (Lipinski definition) is 3. The first-order valence-corrected chi connectivity index (χ1v) is 7.28. The minimum atomic E-state index is 0. The van der Waals surface area contributed by atoms with E-state index in [0.717, 1.165) is 27.6 Å². The molecule has 0 atom stereocenters. The zero-order chi connectivity index (χ0) is 13.9. The van der Waals surface area contributed by atoms with Crippen LogP contribution in [0.2, 0.25) is 0 Å². The monoisotopic (exact) mass is 409 g/mol. The topological polar surface area (TPSA) is 35.2 Å². The first-order chi connectivity index (χ1) is 9.70. The first-order valence-electron chi connectivity index (χ1n) is 6.40. The van der Waals surface area contributed by atoms with E-state index in [4.69, 9.17) is 10.5 Å². The Bertz CT molecular complexity index is 704. The van der Waals surface area contributed by atoms with Crippen molar-refractivity contribution in [3.05, 3.63) is 65.5 Å². The van der Waals surface area contributed by atoms with Gasteiger partial charge in [-0.1, -0.05) is 29.8 Å². The Morgan fingerprint density at radius 2 is 1.43 bits per heavy atom. The van der Waals surface area contributed by atoms with Crippen molar-refractivity contribution < 1.29 is 4.74 Å². The average Bonchev–Trinajstić information content (AvgIpc) is 2.89. The maximum absolute atomic E-state index is 5.81. The molecule has 0 aliphatic rings. The molecule has 21 heavy (non-hydrogen) atoms. The number of hydrogen-bond donors (Lipinski definition) is 1. The third kappa shape index (κ3) is 3.98. The van der Waals surface area contributed by atoms with Crippen LogP contribution in [0.1, 0.15) is 5.56 Å². The summed E-state index contributed by atoms with van der Waals surface area (Å²) in [7, 11) is 0. The maximum Gasteiger partial charge on any atom is 0.127 e. The molecule has 0 aliphatic heterocycles. The van der Waals surface area contributed by atoms with Crippen LogP contribution in [0.15, 0.2) is 60.0 Å². The normalized spacial score (nSPS) is 9.95. The molecule has 1 heterocycles. The zero-order valence-electron chi connectivity index (χ0n) is 11.6. The fourth-order valence-corrected chi connectivity index (χ4v) is 2.62. The molecule has 0 aliphatic carbocycles. The van der Waals surface area contributed by atoms with Gasteiger partial charge in [0, 0.05) is 5.38 Å². The number of benzene rings is 2. The molecule has 2 nitrogen and oxygen atoms in total. The molecule has 0 fully saturated rings. The van der Waals surface area contributed by atoms with Gasteiger partial charge in [-0.3, -0.25) is 0 Å². The Morgan fingerprint density at radius 3 is 1.95 bits per heavy atom. The van der Waals surface area contributed by atoms with Gasteiger partial charge in [0.05, 0.1) is 5.00 Å². The summed E-state index contributed by atoms with van der Waals surface area (Å²) in [5.41, 5.74) is 9.27. The van der Waals surface area contributed by atoms with Crippen molar-refractivity contribution in [3.8, 4) is 22.6 Å². The highest BCUT2D eigenvalue weighted by Crippen LogP contribution is 2.29. The summed E-state index contributed by atoms with van der Waals surface area (Å²) in [6, 6.07) is 18.1. The number of anilines is 1. The second-order valence-electron chi connectivity index (χ2n) is 4.68. The van der Waals surface area contributed by atoms with Crippen LogP contribution in [0.25, 0.3) is 11.1 Å². The molecule has 0 saturated heterocycles. The van der Waals surface area contributed by atoms with Gasteiger partial charge >= 0.3 is 0 Å². The van der Waals surface area contributed by atoms with E-state index < -0.39 is 0 Å². The summed E-state index contributed by atoms with van der Waals surface area (Å²) >= 11 is 1.55. The van der Waals surface area contributed by atoms with Crippen molar-refractivity contribution >= 4 is 40.3 Å². The van der Waals surface area contributed by atoms with Gasteiger partial charge in [-0.2, -0.15) is 0 Å². The van der Waals surface area contributed by atoms with Gasteiger partial charge in [0.25, 0.3) is 0 Å². The predicted octanol–water partition coefficient (Wildman–Crippen LogP) is 5.72. The van der Waals surface area contributed by atoms with Gasteiger partial charge in [-0.25, -0.2) is 0 Å². The lowest BCUT2D eigenvalue weighted by molar-refractivity contribution is 0.482. The van der Waals surface area contributed by atoms with E-state index in [2.05, 4.69) is 12.3 Å². The Hall–Kier alpha value is -1.53. The number of nitrogen functional groups attached to an aromatic ring is 1. The molecule has 0 amide bonds. The fourth-order valence-electron chi connectivity index (χ4n) is 1.96. The molecule has 1 aromatic heterocycles. The van der Waals surface area contributed by atoms with Gasteiger partial charge in [0.1, 0.15) is 11.5 Å². The Balaban J connectivity index is 0.00000161. The highest BCUT2D eigenvalue weighted by Gasteiger charge is 2.02. The van der Waals surface area contributed by atoms with Crippen molar-refractivity contribution in [1.82, 2.24) is 0 Å². The molecule has 3 aromatic rings. The van der Waals surface area contributed by atoms with Gasteiger partial charge in [-0.05, 0) is 48.4 Å². The van der Waals surface area contributed by atoms with E-state index in [0.29, 0.717) is 0 Å². The van der Waals surface area contributed by atoms with Crippen LogP contribution in [0, 0.1) is 6.92 Å². The fraction of sp³-hybridized carbons (Fsp3) is 0.0588. The third-order valence-electron chi connectivity index (χ3n) is 3.06. The van der Waals surface area contributed by atoms with Gasteiger partial charge in [0.15, 0.2) is 0 Å². The molecule has 4 heteroatoms. The number of rotatable bonds is 3. The third-order valence-corrected chi connectivity index (χ3v) is 3.83. The zero-order valence-corrected chi connectivity index (χ0v) is 14.7. The number of thiophene rings is 1. The Morgan fingerprint density at radius 1 is 0.857 bits per heavy atom. The van der Waals surface area contributed by atoms with Crippen molar-refractivity contribution in [2.75, 3.05) is 5.73 Å². The largest absolute Gasteiger partial charge is 0.457 e. The minimum Gasteiger partial charge on any atom is -0.457 e. The number of ether oxygens (including phenoxy) is 1. The SMILES string of the molecule is Cc1ccc(Oc2ccc(-c3csc(N)c3)cc2)cc1.I. The number of halogens is 1. The maximum atomic E-state index is 5.81. The number of nitrogens with two attached hydrogens (primary N) is 1. The highest BCUT2D eigenvalue weighted by molar-refractivity contribution is 14.0. The van der Waals surface area contributed by atoms with Gasteiger partial charge in [-0.15, -0.1) is 35.3 Å². The molecule has 0 unspecified atom stereocenters. The van der Waals surface area contributed by atoms with E-state index in [1.807, 2.05) is 54.6 Å². The predicted molar refractivity (Wildman–Crippen MR) is 101 cm³/mol. The molecule has 2 aromatic carbocycles. The Kier molecular flexibility index (Phi) is 5.25. The second kappa shape index (κ2) is 6.95. The smallest absolute Gasteiger partial charge is 0.127 e. The highest BCUT2D eigenvalue weighted by atomic mass is 127. The van der Waals surface area contributed by atoms with Gasteiger partial charge < -0.3 is 10.5 Å². The van der Waals surface area contributed by atoms with Crippen molar-refractivity contribution in [2.24, 2.45) is 0 Å². The molecule has 0 saturated carbocycles. The summed E-state index contributed by atoms with van der Waals surface area (Å²) in [5.74, 6) is 1.68. The molecular weight excluding hydrogens is 393 g/mol. The number of aryl methyl sites for hydroxylation is 1. The van der Waals surface area contributed by atoms with Crippen LogP contribution < -0.4 is 10.5 Å². The van der Waals surface area contributed by atoms with Crippen LogP contribution in [0.4, 0.5) is 5.00 Å². The van der Waals surface area contributed by atoms with Crippen LogP contribution in [0.3, 0.4) is 0 Å². The summed E-state index contributed by atoms with van der Waals surface area (Å²) < 4.78 is 5.81. The van der Waals surface area contributed by atoms with E-state index in [1.54, 1.807) is 11.3 Å². The lowest BCUT2D eigenvalue weighted by atomic mass is 10.1. The van der Waals surface area contributed by atoms with Crippen LogP contribution in [0.5, 0.6) is 11.5 Å². The van der Waals surface area contributed by atoms with E-state index in [-0.39, 0.29) is 24.0 Å². The molecule has 0 bridgehead atoms. The minimum absolute atomic E-state index is 0. The van der Waals surface area contributed by atoms with E-state index >= 15 is 0 Å². The second-order valence-corrected chi connectivity index (χ2v) is 5.62. The molecule has 0 radical (unpaired) electrons. The molecule has 0 spiro atoms. The van der Waals surface area contributed by atoms with E-state index in [1.165, 1.54) is 5.56 Å². The quantitative estimate of drug-likeness (QED) is 0.562. The van der Waals surface area contributed by atoms with Crippen LogP contribution in [-0.2, 0) is 0 Å². The van der Waals surface area contributed by atoms with Crippen molar-refractivity contribution in [3.63, 3.8) is 0 Å². The van der Waals surface area contributed by atoms with E-state index in [9.17, 15) is 0 Å².